The Morgan fingerprint density at radius 2 is 1.76 bits per heavy atom. The maximum atomic E-state index is 9.16. The van der Waals surface area contributed by atoms with E-state index < -0.39 is 0 Å². The summed E-state index contributed by atoms with van der Waals surface area (Å²) in [7, 11) is 0. The highest BCUT2D eigenvalue weighted by Crippen LogP contribution is 2.27. The van der Waals surface area contributed by atoms with E-state index >= 15 is 0 Å². The summed E-state index contributed by atoms with van der Waals surface area (Å²) >= 11 is 0. The quantitative estimate of drug-likeness (QED) is 0.875. The second-order valence-electron chi connectivity index (χ2n) is 5.79. The monoisotopic (exact) mass is 281 g/mol. The number of aryl methyl sites for hydroxylation is 2. The molecule has 0 heterocycles. The summed E-state index contributed by atoms with van der Waals surface area (Å²) in [5.41, 5.74) is 5.62. The van der Waals surface area contributed by atoms with E-state index in [0.29, 0.717) is 0 Å². The predicted molar refractivity (Wildman–Crippen MR) is 87.7 cm³/mol. The summed E-state index contributed by atoms with van der Waals surface area (Å²) in [5.74, 6) is 0. The lowest BCUT2D eigenvalue weighted by Crippen LogP contribution is -2.24. The van der Waals surface area contributed by atoms with E-state index in [1.165, 1.54) is 41.6 Å². The Morgan fingerprint density at radius 3 is 2.57 bits per heavy atom. The summed E-state index contributed by atoms with van der Waals surface area (Å²) in [5, 5.41) is 9.16. The lowest BCUT2D eigenvalue weighted by molar-refractivity contribution is 0.289. The fourth-order valence-electron chi connectivity index (χ4n) is 3.12. The average Bonchev–Trinajstić information content (AvgIpc) is 3.00. The van der Waals surface area contributed by atoms with Gasteiger partial charge in [-0.3, -0.25) is 0 Å². The molecule has 2 nitrogen and oxygen atoms in total. The molecule has 0 saturated carbocycles. The van der Waals surface area contributed by atoms with E-state index in [1.54, 1.807) is 0 Å². The van der Waals surface area contributed by atoms with Gasteiger partial charge in [-0.05, 0) is 54.5 Å². The Morgan fingerprint density at radius 1 is 0.952 bits per heavy atom. The van der Waals surface area contributed by atoms with Gasteiger partial charge in [-0.25, -0.2) is 0 Å². The highest BCUT2D eigenvalue weighted by atomic mass is 16.3. The summed E-state index contributed by atoms with van der Waals surface area (Å²) < 4.78 is 0. The van der Waals surface area contributed by atoms with E-state index in [0.717, 1.165) is 19.5 Å². The van der Waals surface area contributed by atoms with Crippen molar-refractivity contribution in [1.29, 1.82) is 0 Å². The van der Waals surface area contributed by atoms with Crippen molar-refractivity contribution < 1.29 is 5.11 Å². The predicted octanol–water partition coefficient (Wildman–Crippen LogP) is 3.56. The largest absolute Gasteiger partial charge is 0.396 e. The Balaban J connectivity index is 1.81. The molecule has 0 bridgehead atoms. The Hall–Kier alpha value is -1.80. The number of anilines is 1. The molecule has 1 aliphatic carbocycles. The molecule has 110 valence electrons. The SMILES string of the molecule is OCCCN(Cc1ccccc1)c1ccc2c(c1)CCC2. The number of rotatable bonds is 6. The van der Waals surface area contributed by atoms with Crippen molar-refractivity contribution in [3.05, 3.63) is 65.2 Å². The van der Waals surface area contributed by atoms with Gasteiger partial charge in [0.15, 0.2) is 0 Å². The van der Waals surface area contributed by atoms with Crippen LogP contribution in [0.1, 0.15) is 29.5 Å². The number of nitrogens with zero attached hydrogens (tertiary/aromatic N) is 1. The first kappa shape index (κ1) is 14.2. The molecular formula is C19H23NO. The van der Waals surface area contributed by atoms with Crippen LogP contribution in [-0.2, 0) is 19.4 Å². The molecule has 0 aromatic heterocycles. The summed E-state index contributed by atoms with van der Waals surface area (Å²) in [6, 6.07) is 17.4. The molecule has 0 atom stereocenters. The molecule has 3 rings (SSSR count). The third kappa shape index (κ3) is 3.45. The van der Waals surface area contributed by atoms with Crippen molar-refractivity contribution in [2.75, 3.05) is 18.1 Å². The topological polar surface area (TPSA) is 23.5 Å². The van der Waals surface area contributed by atoms with Crippen LogP contribution < -0.4 is 4.90 Å². The first-order valence-electron chi connectivity index (χ1n) is 7.88. The van der Waals surface area contributed by atoms with Crippen molar-refractivity contribution in [2.45, 2.75) is 32.2 Å². The maximum absolute atomic E-state index is 9.16. The van der Waals surface area contributed by atoms with Crippen molar-refractivity contribution in [2.24, 2.45) is 0 Å². The van der Waals surface area contributed by atoms with Crippen LogP contribution in [0.3, 0.4) is 0 Å². The van der Waals surface area contributed by atoms with Crippen molar-refractivity contribution >= 4 is 5.69 Å². The van der Waals surface area contributed by atoms with Gasteiger partial charge >= 0.3 is 0 Å². The average molecular weight is 281 g/mol. The zero-order valence-corrected chi connectivity index (χ0v) is 12.5. The molecule has 21 heavy (non-hydrogen) atoms. The molecule has 1 N–H and O–H groups in total. The number of hydrogen-bond acceptors (Lipinski definition) is 2. The van der Waals surface area contributed by atoms with Crippen molar-refractivity contribution in [3.63, 3.8) is 0 Å². The van der Waals surface area contributed by atoms with E-state index in [4.69, 9.17) is 5.11 Å². The minimum Gasteiger partial charge on any atom is -0.396 e. The van der Waals surface area contributed by atoms with E-state index in [2.05, 4.69) is 53.4 Å². The van der Waals surface area contributed by atoms with Gasteiger partial charge in [0.2, 0.25) is 0 Å². The number of aliphatic hydroxyl groups is 1. The lowest BCUT2D eigenvalue weighted by Gasteiger charge is -2.25. The Kier molecular flexibility index (Phi) is 4.56. The van der Waals surface area contributed by atoms with Crippen molar-refractivity contribution in [1.82, 2.24) is 0 Å². The lowest BCUT2D eigenvalue weighted by atomic mass is 10.1. The van der Waals surface area contributed by atoms with Crippen LogP contribution in [0.25, 0.3) is 0 Å². The van der Waals surface area contributed by atoms with E-state index in [-0.39, 0.29) is 6.61 Å². The molecular weight excluding hydrogens is 258 g/mol. The molecule has 0 saturated heterocycles. The molecule has 0 spiro atoms. The van der Waals surface area contributed by atoms with Gasteiger partial charge in [-0.1, -0.05) is 36.4 Å². The van der Waals surface area contributed by atoms with Crippen LogP contribution in [-0.4, -0.2) is 18.3 Å². The molecule has 2 aromatic carbocycles. The van der Waals surface area contributed by atoms with E-state index in [1.807, 2.05) is 0 Å². The third-order valence-corrected chi connectivity index (χ3v) is 4.25. The van der Waals surface area contributed by atoms with Crippen molar-refractivity contribution in [3.8, 4) is 0 Å². The van der Waals surface area contributed by atoms with Crippen LogP contribution in [0, 0.1) is 0 Å². The second-order valence-corrected chi connectivity index (χ2v) is 5.79. The summed E-state index contributed by atoms with van der Waals surface area (Å²) in [6.45, 7) is 2.04. The van der Waals surface area contributed by atoms with E-state index in [9.17, 15) is 0 Å². The van der Waals surface area contributed by atoms with Crippen LogP contribution in [0.15, 0.2) is 48.5 Å². The molecule has 0 unspecified atom stereocenters. The minimum absolute atomic E-state index is 0.246. The molecule has 1 aliphatic rings. The highest BCUT2D eigenvalue weighted by molar-refractivity contribution is 5.52. The number of aliphatic hydroxyl groups excluding tert-OH is 1. The van der Waals surface area contributed by atoms with Gasteiger partial charge in [0.1, 0.15) is 0 Å². The number of benzene rings is 2. The molecule has 0 radical (unpaired) electrons. The van der Waals surface area contributed by atoms with Gasteiger partial charge in [0.25, 0.3) is 0 Å². The zero-order chi connectivity index (χ0) is 14.5. The van der Waals surface area contributed by atoms with Gasteiger partial charge in [-0.15, -0.1) is 0 Å². The van der Waals surface area contributed by atoms with Gasteiger partial charge in [0.05, 0.1) is 0 Å². The number of fused-ring (bicyclic) bond motifs is 1. The molecule has 0 fully saturated rings. The maximum Gasteiger partial charge on any atom is 0.0447 e. The summed E-state index contributed by atoms with van der Waals surface area (Å²) in [4.78, 5) is 2.38. The normalized spacial score (nSPS) is 13.2. The fraction of sp³-hybridized carbons (Fsp3) is 0.368. The zero-order valence-electron chi connectivity index (χ0n) is 12.5. The highest BCUT2D eigenvalue weighted by Gasteiger charge is 2.14. The van der Waals surface area contributed by atoms with Crippen LogP contribution in [0.2, 0.25) is 0 Å². The first-order chi connectivity index (χ1) is 10.4. The molecule has 0 amide bonds. The van der Waals surface area contributed by atoms with Gasteiger partial charge < -0.3 is 10.0 Å². The third-order valence-electron chi connectivity index (χ3n) is 4.25. The minimum atomic E-state index is 0.246. The number of hydrogen-bond donors (Lipinski definition) is 1. The fourth-order valence-corrected chi connectivity index (χ4v) is 3.12. The van der Waals surface area contributed by atoms with Crippen LogP contribution in [0.5, 0.6) is 0 Å². The molecule has 2 heteroatoms. The van der Waals surface area contributed by atoms with Crippen LogP contribution in [0.4, 0.5) is 5.69 Å². The smallest absolute Gasteiger partial charge is 0.0447 e. The Bertz CT molecular complexity index is 579. The molecule has 2 aromatic rings. The first-order valence-corrected chi connectivity index (χ1v) is 7.88. The van der Waals surface area contributed by atoms with Crippen LogP contribution >= 0.6 is 0 Å². The van der Waals surface area contributed by atoms with Gasteiger partial charge in [-0.2, -0.15) is 0 Å². The standard InChI is InChI=1S/C19H23NO/c21-13-5-12-20(15-16-6-2-1-3-7-16)19-11-10-17-8-4-9-18(17)14-19/h1-3,6-7,10-11,14,21H,4-5,8-9,12-13,15H2. The summed E-state index contributed by atoms with van der Waals surface area (Å²) in [6.07, 6.45) is 4.53. The second kappa shape index (κ2) is 6.77. The van der Waals surface area contributed by atoms with Gasteiger partial charge in [0, 0.05) is 25.4 Å². The Labute approximate surface area is 127 Å². The molecule has 0 aliphatic heterocycles.